The van der Waals surface area contributed by atoms with Crippen LogP contribution in [-0.4, -0.2) is 65.3 Å². The van der Waals surface area contributed by atoms with Crippen LogP contribution in [0.1, 0.15) is 49.0 Å². The Kier molecular flexibility index (Phi) is 6.52. The van der Waals surface area contributed by atoms with Gasteiger partial charge >= 0.3 is 0 Å². The minimum absolute atomic E-state index is 0.0844. The second kappa shape index (κ2) is 9.65. The molecule has 1 saturated carbocycles. The van der Waals surface area contributed by atoms with Gasteiger partial charge in [-0.3, -0.25) is 14.4 Å². The maximum atomic E-state index is 15.0. The van der Waals surface area contributed by atoms with Gasteiger partial charge in [0.05, 0.1) is 19.1 Å². The number of carbonyl (C=O) groups is 3. The summed E-state index contributed by atoms with van der Waals surface area (Å²) < 4.78 is 35.4. The van der Waals surface area contributed by atoms with E-state index in [0.29, 0.717) is 36.0 Å². The summed E-state index contributed by atoms with van der Waals surface area (Å²) in [5, 5.41) is 15.6. The van der Waals surface area contributed by atoms with Crippen molar-refractivity contribution in [2.45, 2.75) is 62.6 Å². The summed E-state index contributed by atoms with van der Waals surface area (Å²) in [6.45, 7) is 0.565. The number of rotatable bonds is 6. The van der Waals surface area contributed by atoms with E-state index < -0.39 is 54.1 Å². The van der Waals surface area contributed by atoms with Crippen molar-refractivity contribution in [3.63, 3.8) is 0 Å². The van der Waals surface area contributed by atoms with Crippen LogP contribution in [0.15, 0.2) is 24.3 Å². The Balaban J connectivity index is 1.42. The number of nitrogens with zero attached hydrogens (tertiary/aromatic N) is 2. The zero-order valence-electron chi connectivity index (χ0n) is 20.4. The smallest absolute Gasteiger partial charge is 0.271 e. The van der Waals surface area contributed by atoms with Crippen molar-refractivity contribution in [2.75, 3.05) is 13.7 Å². The van der Waals surface area contributed by atoms with Crippen LogP contribution in [0.25, 0.3) is 10.9 Å². The Bertz CT molecular complexity index is 1270. The Morgan fingerprint density at radius 1 is 1.32 bits per heavy atom. The fraction of sp³-hybridized carbons (Fsp3) is 0.538. The molecule has 5 atom stereocenters. The van der Waals surface area contributed by atoms with Gasteiger partial charge in [-0.25, -0.2) is 8.78 Å². The van der Waals surface area contributed by atoms with Crippen molar-refractivity contribution in [1.29, 1.82) is 5.26 Å². The number of piperidine rings is 3. The highest BCUT2D eigenvalue weighted by atomic mass is 19.3. The number of halogens is 2. The van der Waals surface area contributed by atoms with Crippen molar-refractivity contribution in [2.24, 2.45) is 11.8 Å². The molecular formula is C26H29F2N5O4. The zero-order valence-corrected chi connectivity index (χ0v) is 20.4. The quantitative estimate of drug-likeness (QED) is 0.547. The van der Waals surface area contributed by atoms with Crippen molar-refractivity contribution >= 4 is 28.6 Å². The lowest BCUT2D eigenvalue weighted by Gasteiger charge is -2.53. The van der Waals surface area contributed by atoms with Crippen LogP contribution in [0, 0.1) is 23.2 Å². The minimum atomic E-state index is -3.11. The molecule has 37 heavy (non-hydrogen) atoms. The molecule has 4 heterocycles. The Morgan fingerprint density at radius 2 is 2.14 bits per heavy atom. The fourth-order valence-corrected chi connectivity index (χ4v) is 6.10. The van der Waals surface area contributed by atoms with E-state index in [9.17, 15) is 28.4 Å². The highest BCUT2D eigenvalue weighted by Gasteiger charge is 2.60. The Hall–Kier alpha value is -3.68. The van der Waals surface area contributed by atoms with E-state index >= 15 is 0 Å². The SMILES string of the molecule is COc1cccc2[nH]c(C(=O)N3[C@H]4CC[C@@H]([C@H]3C(=O)N[C@@H](C#N)C[C@H]3CCCNC3=O)C(F)(F)C4)cc12. The molecule has 3 saturated heterocycles. The number of H-pyrrole nitrogens is 1. The van der Waals surface area contributed by atoms with E-state index in [1.807, 2.05) is 6.07 Å². The molecule has 0 radical (unpaired) electrons. The van der Waals surface area contributed by atoms with E-state index in [2.05, 4.69) is 15.6 Å². The molecule has 3 aliphatic heterocycles. The van der Waals surface area contributed by atoms with E-state index in [4.69, 9.17) is 4.74 Å². The first-order valence-electron chi connectivity index (χ1n) is 12.6. The average Bonchev–Trinajstić information content (AvgIpc) is 3.33. The molecule has 6 rings (SSSR count). The number of aromatic nitrogens is 1. The molecule has 0 unspecified atom stereocenters. The molecule has 1 aliphatic carbocycles. The van der Waals surface area contributed by atoms with Gasteiger partial charge in [0.2, 0.25) is 11.8 Å². The van der Waals surface area contributed by atoms with Crippen molar-refractivity contribution in [3.8, 4) is 11.8 Å². The van der Waals surface area contributed by atoms with Gasteiger partial charge in [0.1, 0.15) is 23.5 Å². The minimum Gasteiger partial charge on any atom is -0.496 e. The van der Waals surface area contributed by atoms with Crippen molar-refractivity contribution in [3.05, 3.63) is 30.0 Å². The summed E-state index contributed by atoms with van der Waals surface area (Å²) in [7, 11) is 1.51. The summed E-state index contributed by atoms with van der Waals surface area (Å²) >= 11 is 0. The number of fused-ring (bicyclic) bond motifs is 4. The van der Waals surface area contributed by atoms with Crippen LogP contribution in [-0.2, 0) is 9.59 Å². The summed E-state index contributed by atoms with van der Waals surface area (Å²) in [5.74, 6) is -5.90. The molecule has 3 N–H and O–H groups in total. The van der Waals surface area contributed by atoms with Gasteiger partial charge in [0.15, 0.2) is 0 Å². The molecule has 11 heteroatoms. The molecule has 196 valence electrons. The summed E-state index contributed by atoms with van der Waals surface area (Å²) in [6.07, 6.45) is 1.38. The molecule has 4 aliphatic rings. The number of aromatic amines is 1. The molecule has 0 spiro atoms. The van der Waals surface area contributed by atoms with Crippen LogP contribution in [0.3, 0.4) is 0 Å². The summed E-state index contributed by atoms with van der Waals surface area (Å²) in [4.78, 5) is 43.6. The van der Waals surface area contributed by atoms with Gasteiger partial charge in [0, 0.05) is 35.8 Å². The van der Waals surface area contributed by atoms with E-state index in [-0.39, 0.29) is 24.4 Å². The van der Waals surface area contributed by atoms with Gasteiger partial charge < -0.3 is 25.3 Å². The number of carbonyl (C=O) groups excluding carboxylic acids is 3. The third-order valence-corrected chi connectivity index (χ3v) is 7.90. The van der Waals surface area contributed by atoms with Gasteiger partial charge in [-0.15, -0.1) is 0 Å². The van der Waals surface area contributed by atoms with Crippen molar-refractivity contribution < 1.29 is 27.9 Å². The second-order valence-corrected chi connectivity index (χ2v) is 10.1. The predicted molar refractivity (Wildman–Crippen MR) is 129 cm³/mol. The van der Waals surface area contributed by atoms with Crippen molar-refractivity contribution in [1.82, 2.24) is 20.5 Å². The number of methoxy groups -OCH3 is 1. The van der Waals surface area contributed by atoms with E-state index in [0.717, 1.165) is 6.42 Å². The maximum Gasteiger partial charge on any atom is 0.271 e. The topological polar surface area (TPSA) is 127 Å². The summed E-state index contributed by atoms with van der Waals surface area (Å²) in [5.41, 5.74) is 0.815. The van der Waals surface area contributed by atoms with Crippen LogP contribution in [0.2, 0.25) is 0 Å². The number of benzene rings is 1. The lowest BCUT2D eigenvalue weighted by molar-refractivity contribution is -0.179. The first-order valence-corrected chi connectivity index (χ1v) is 12.6. The molecule has 4 fully saturated rings. The highest BCUT2D eigenvalue weighted by Crippen LogP contribution is 2.49. The number of amides is 3. The van der Waals surface area contributed by atoms with Gasteiger partial charge in [0.25, 0.3) is 11.8 Å². The Labute approximate surface area is 212 Å². The first kappa shape index (κ1) is 25.0. The molecule has 3 amide bonds. The number of hydrogen-bond donors (Lipinski definition) is 3. The van der Waals surface area contributed by atoms with Crippen LogP contribution >= 0.6 is 0 Å². The maximum absolute atomic E-state index is 15.0. The zero-order chi connectivity index (χ0) is 26.3. The Morgan fingerprint density at radius 3 is 2.84 bits per heavy atom. The highest BCUT2D eigenvalue weighted by molar-refractivity contribution is 6.02. The molecule has 1 aromatic heterocycles. The second-order valence-electron chi connectivity index (χ2n) is 10.1. The third-order valence-electron chi connectivity index (χ3n) is 7.90. The predicted octanol–water partition coefficient (Wildman–Crippen LogP) is 2.73. The normalized spacial score (nSPS) is 27.3. The van der Waals surface area contributed by atoms with Gasteiger partial charge in [-0.05, 0) is 50.3 Å². The van der Waals surface area contributed by atoms with Crippen LogP contribution < -0.4 is 15.4 Å². The largest absolute Gasteiger partial charge is 0.496 e. The summed E-state index contributed by atoms with van der Waals surface area (Å²) in [6, 6.07) is 5.59. The van der Waals surface area contributed by atoms with E-state index in [1.165, 1.54) is 12.0 Å². The van der Waals surface area contributed by atoms with Gasteiger partial charge in [-0.2, -0.15) is 5.26 Å². The lowest BCUT2D eigenvalue weighted by atomic mass is 9.71. The monoisotopic (exact) mass is 513 g/mol. The first-order chi connectivity index (χ1) is 17.7. The van der Waals surface area contributed by atoms with Crippen LogP contribution in [0.4, 0.5) is 8.78 Å². The molecule has 2 aromatic rings. The third kappa shape index (κ3) is 4.49. The van der Waals surface area contributed by atoms with Crippen LogP contribution in [0.5, 0.6) is 5.75 Å². The fourth-order valence-electron chi connectivity index (χ4n) is 6.10. The van der Waals surface area contributed by atoms with E-state index in [1.54, 1.807) is 24.3 Å². The molecular weight excluding hydrogens is 484 g/mol. The molecule has 9 nitrogen and oxygen atoms in total. The standard InChI is InChI=1S/C26H29F2N5O4/c1-37-21-6-2-5-19-17(21)11-20(32-19)25(36)33-16-7-8-18(26(27,28)12-16)22(33)24(35)31-15(13-29)10-14-4-3-9-30-23(14)34/h2,5-6,11,14-16,18,22,32H,3-4,7-10,12H2,1H3,(H,30,34)(H,31,35)/t14-,15-,16+,18+,22+/m1/s1. The number of alkyl halides is 2. The lowest BCUT2D eigenvalue weighted by Crippen LogP contribution is -2.68. The molecule has 2 bridgehead atoms. The van der Waals surface area contributed by atoms with Gasteiger partial charge in [-0.1, -0.05) is 6.07 Å². The number of nitrogens with one attached hydrogen (secondary N) is 3. The number of hydrogen-bond acceptors (Lipinski definition) is 5. The molecule has 1 aromatic carbocycles. The number of ether oxygens (including phenoxy) is 1. The number of nitriles is 1. The average molecular weight is 514 g/mol.